The highest BCUT2D eigenvalue weighted by Crippen LogP contribution is 2.26. The van der Waals surface area contributed by atoms with Crippen LogP contribution in [0.3, 0.4) is 0 Å². The summed E-state index contributed by atoms with van der Waals surface area (Å²) < 4.78 is 26.1. The summed E-state index contributed by atoms with van der Waals surface area (Å²) in [5.41, 5.74) is 5.96. The van der Waals surface area contributed by atoms with Gasteiger partial charge in [0.15, 0.2) is 0 Å². The van der Waals surface area contributed by atoms with E-state index >= 15 is 0 Å². The Hall–Kier alpha value is -1.51. The summed E-state index contributed by atoms with van der Waals surface area (Å²) in [6.45, 7) is 2.22. The van der Waals surface area contributed by atoms with Gasteiger partial charge in [-0.2, -0.15) is 4.31 Å². The SMILES string of the molecule is Cc1ccc([N+](=O)[O-])cc1S(=O)(=O)N1CC[C@@H](N)C1. The van der Waals surface area contributed by atoms with Crippen molar-refractivity contribution in [3.8, 4) is 0 Å². The minimum Gasteiger partial charge on any atom is -0.326 e. The first kappa shape index (κ1) is 13.9. The van der Waals surface area contributed by atoms with Gasteiger partial charge >= 0.3 is 0 Å². The standard InChI is InChI=1S/C11H15N3O4S/c1-8-2-3-10(14(15)16)6-11(8)19(17,18)13-5-4-9(12)7-13/h2-3,6,9H,4-5,7,12H2,1H3/t9-/m1/s1. The zero-order valence-electron chi connectivity index (χ0n) is 10.4. The number of rotatable bonds is 3. The van der Waals surface area contributed by atoms with Crippen molar-refractivity contribution in [2.75, 3.05) is 13.1 Å². The van der Waals surface area contributed by atoms with Crippen LogP contribution in [0.25, 0.3) is 0 Å². The van der Waals surface area contributed by atoms with Crippen LogP contribution in [0.2, 0.25) is 0 Å². The lowest BCUT2D eigenvalue weighted by molar-refractivity contribution is -0.385. The van der Waals surface area contributed by atoms with Gasteiger partial charge < -0.3 is 5.73 Å². The lowest BCUT2D eigenvalue weighted by Gasteiger charge is -2.17. The van der Waals surface area contributed by atoms with Gasteiger partial charge in [0.2, 0.25) is 10.0 Å². The van der Waals surface area contributed by atoms with E-state index in [-0.39, 0.29) is 23.2 Å². The maximum absolute atomic E-state index is 12.4. The topological polar surface area (TPSA) is 107 Å². The van der Waals surface area contributed by atoms with Crippen LogP contribution in [-0.4, -0.2) is 36.8 Å². The monoisotopic (exact) mass is 285 g/mol. The summed E-state index contributed by atoms with van der Waals surface area (Å²) in [4.78, 5) is 10.1. The second-order valence-corrected chi connectivity index (χ2v) is 6.53. The molecule has 1 atom stereocenters. The van der Waals surface area contributed by atoms with Crippen LogP contribution >= 0.6 is 0 Å². The Morgan fingerprint density at radius 1 is 1.47 bits per heavy atom. The van der Waals surface area contributed by atoms with E-state index in [1.165, 1.54) is 16.4 Å². The van der Waals surface area contributed by atoms with Gasteiger partial charge in [-0.15, -0.1) is 0 Å². The molecule has 1 saturated heterocycles. The maximum Gasteiger partial charge on any atom is 0.270 e. The summed E-state index contributed by atoms with van der Waals surface area (Å²) in [5, 5.41) is 10.7. The minimum atomic E-state index is -3.71. The van der Waals surface area contributed by atoms with Gasteiger partial charge in [0.1, 0.15) is 0 Å². The molecule has 0 spiro atoms. The molecule has 1 heterocycles. The number of hydrogen-bond acceptors (Lipinski definition) is 5. The van der Waals surface area contributed by atoms with Crippen LogP contribution in [0.5, 0.6) is 0 Å². The van der Waals surface area contributed by atoms with Crippen molar-refractivity contribution >= 4 is 15.7 Å². The number of nitrogens with two attached hydrogens (primary N) is 1. The quantitative estimate of drug-likeness (QED) is 0.647. The van der Waals surface area contributed by atoms with E-state index in [2.05, 4.69) is 0 Å². The molecule has 1 fully saturated rings. The largest absolute Gasteiger partial charge is 0.326 e. The van der Waals surface area contributed by atoms with Crippen molar-refractivity contribution in [2.45, 2.75) is 24.3 Å². The Morgan fingerprint density at radius 2 is 2.16 bits per heavy atom. The summed E-state index contributed by atoms with van der Waals surface area (Å²) >= 11 is 0. The zero-order chi connectivity index (χ0) is 14.2. The van der Waals surface area contributed by atoms with E-state index in [4.69, 9.17) is 5.73 Å². The number of benzene rings is 1. The number of nitro benzene ring substituents is 1. The predicted molar refractivity (Wildman–Crippen MR) is 69.2 cm³/mol. The molecule has 19 heavy (non-hydrogen) atoms. The lowest BCUT2D eigenvalue weighted by atomic mass is 10.2. The second kappa shape index (κ2) is 4.87. The lowest BCUT2D eigenvalue weighted by Crippen LogP contribution is -2.32. The molecule has 1 aliphatic heterocycles. The fourth-order valence-corrected chi connectivity index (χ4v) is 3.85. The van der Waals surface area contributed by atoms with Crippen molar-refractivity contribution in [3.05, 3.63) is 33.9 Å². The molecule has 7 nitrogen and oxygen atoms in total. The highest BCUT2D eigenvalue weighted by molar-refractivity contribution is 7.89. The second-order valence-electron chi connectivity index (χ2n) is 4.62. The molecule has 1 aliphatic rings. The van der Waals surface area contributed by atoms with Gasteiger partial charge in [0, 0.05) is 31.3 Å². The summed E-state index contributed by atoms with van der Waals surface area (Å²) in [5.74, 6) is 0. The van der Waals surface area contributed by atoms with Crippen LogP contribution < -0.4 is 5.73 Å². The first-order chi connectivity index (χ1) is 8.82. The van der Waals surface area contributed by atoms with Crippen molar-refractivity contribution in [3.63, 3.8) is 0 Å². The Morgan fingerprint density at radius 3 is 2.68 bits per heavy atom. The van der Waals surface area contributed by atoms with Crippen LogP contribution in [0.15, 0.2) is 23.1 Å². The van der Waals surface area contributed by atoms with Crippen molar-refractivity contribution < 1.29 is 13.3 Å². The van der Waals surface area contributed by atoms with Crippen LogP contribution in [-0.2, 0) is 10.0 Å². The molecule has 0 aliphatic carbocycles. The molecule has 2 rings (SSSR count). The molecule has 104 valence electrons. The van der Waals surface area contributed by atoms with E-state index in [1.807, 2.05) is 0 Å². The van der Waals surface area contributed by atoms with Gasteiger partial charge in [-0.25, -0.2) is 8.42 Å². The minimum absolute atomic E-state index is 0.0178. The fraction of sp³-hybridized carbons (Fsp3) is 0.455. The number of nitrogens with zero attached hydrogens (tertiary/aromatic N) is 2. The summed E-state index contributed by atoms with van der Waals surface area (Å²) in [7, 11) is -3.71. The molecule has 0 aromatic heterocycles. The highest BCUT2D eigenvalue weighted by atomic mass is 32.2. The number of sulfonamides is 1. The summed E-state index contributed by atoms with van der Waals surface area (Å²) in [6, 6.07) is 3.67. The van der Waals surface area contributed by atoms with E-state index in [0.717, 1.165) is 6.07 Å². The molecular formula is C11H15N3O4S. The van der Waals surface area contributed by atoms with Crippen LogP contribution in [0, 0.1) is 17.0 Å². The molecule has 0 saturated carbocycles. The van der Waals surface area contributed by atoms with E-state index in [1.54, 1.807) is 6.92 Å². The Bertz CT molecular complexity index is 614. The summed E-state index contributed by atoms with van der Waals surface area (Å²) in [6.07, 6.45) is 0.604. The van der Waals surface area contributed by atoms with Gasteiger partial charge in [-0.1, -0.05) is 6.07 Å². The maximum atomic E-state index is 12.4. The predicted octanol–water partition coefficient (Wildman–Crippen LogP) is 0.625. The van der Waals surface area contributed by atoms with E-state index in [0.29, 0.717) is 18.5 Å². The molecule has 1 aromatic rings. The molecule has 0 amide bonds. The third-order valence-electron chi connectivity index (χ3n) is 3.19. The van der Waals surface area contributed by atoms with Crippen LogP contribution in [0.4, 0.5) is 5.69 Å². The molecule has 1 aromatic carbocycles. The number of non-ortho nitro benzene ring substituents is 1. The Kier molecular flexibility index (Phi) is 3.57. The first-order valence-corrected chi connectivity index (χ1v) is 7.27. The molecular weight excluding hydrogens is 270 g/mol. The number of aryl methyl sites for hydroxylation is 1. The third-order valence-corrected chi connectivity index (χ3v) is 5.19. The van der Waals surface area contributed by atoms with Crippen molar-refractivity contribution in [1.82, 2.24) is 4.31 Å². The fourth-order valence-electron chi connectivity index (χ4n) is 2.09. The molecule has 0 unspecified atom stereocenters. The number of nitro groups is 1. The zero-order valence-corrected chi connectivity index (χ0v) is 11.3. The van der Waals surface area contributed by atoms with Crippen molar-refractivity contribution in [2.24, 2.45) is 5.73 Å². The van der Waals surface area contributed by atoms with Crippen molar-refractivity contribution in [1.29, 1.82) is 0 Å². The third kappa shape index (κ3) is 2.60. The first-order valence-electron chi connectivity index (χ1n) is 5.83. The van der Waals surface area contributed by atoms with Gasteiger partial charge in [0.05, 0.1) is 9.82 Å². The average molecular weight is 285 g/mol. The van der Waals surface area contributed by atoms with Gasteiger partial charge in [-0.3, -0.25) is 10.1 Å². The highest BCUT2D eigenvalue weighted by Gasteiger charge is 2.32. The molecule has 0 radical (unpaired) electrons. The Balaban J connectivity index is 2.45. The van der Waals surface area contributed by atoms with E-state index in [9.17, 15) is 18.5 Å². The van der Waals surface area contributed by atoms with Crippen LogP contribution in [0.1, 0.15) is 12.0 Å². The van der Waals surface area contributed by atoms with E-state index < -0.39 is 14.9 Å². The Labute approximate surface area is 111 Å². The van der Waals surface area contributed by atoms with Gasteiger partial charge in [0.25, 0.3) is 5.69 Å². The number of hydrogen-bond donors (Lipinski definition) is 1. The molecule has 0 bridgehead atoms. The molecule has 8 heteroatoms. The van der Waals surface area contributed by atoms with Gasteiger partial charge in [-0.05, 0) is 18.9 Å². The molecule has 2 N–H and O–H groups in total. The average Bonchev–Trinajstić information content (AvgIpc) is 2.76. The normalized spacial score (nSPS) is 20.6. The smallest absolute Gasteiger partial charge is 0.270 e.